The normalized spacial score (nSPS) is 16.2. The van der Waals surface area contributed by atoms with Crippen LogP contribution in [0.15, 0.2) is 42.5 Å². The van der Waals surface area contributed by atoms with Crippen molar-refractivity contribution in [3.63, 3.8) is 0 Å². The largest absolute Gasteiger partial charge is 0.494 e. The molecule has 2 aliphatic rings. The van der Waals surface area contributed by atoms with Crippen LogP contribution in [0, 0.1) is 5.82 Å². The maximum atomic E-state index is 13.9. The topological polar surface area (TPSA) is 79.0 Å². The molecule has 1 fully saturated rings. The van der Waals surface area contributed by atoms with Gasteiger partial charge in [0.2, 0.25) is 11.8 Å². The first-order chi connectivity index (χ1) is 16.4. The smallest absolute Gasteiger partial charge is 0.253 e. The molecule has 34 heavy (non-hydrogen) atoms. The lowest BCUT2D eigenvalue weighted by Crippen LogP contribution is -2.50. The van der Waals surface area contributed by atoms with Crippen LogP contribution in [-0.2, 0) is 16.0 Å². The van der Waals surface area contributed by atoms with Gasteiger partial charge >= 0.3 is 0 Å². The second-order valence-electron chi connectivity index (χ2n) is 8.77. The van der Waals surface area contributed by atoms with Crippen molar-refractivity contribution < 1.29 is 23.5 Å². The number of rotatable bonds is 7. The number of ether oxygens (including phenoxy) is 1. The molecule has 2 aromatic rings. The Hall–Kier alpha value is -3.42. The summed E-state index contributed by atoms with van der Waals surface area (Å²) in [6, 6.07) is 11.7. The molecule has 0 atom stereocenters. The summed E-state index contributed by atoms with van der Waals surface area (Å²) in [5.41, 5.74) is 2.26. The lowest BCUT2D eigenvalue weighted by atomic mass is 9.95. The lowest BCUT2D eigenvalue weighted by Gasteiger charge is -2.41. The number of likely N-dealkylation sites (tertiary alicyclic amines) is 1. The highest BCUT2D eigenvalue weighted by atomic mass is 19.1. The zero-order chi connectivity index (χ0) is 24.1. The Morgan fingerprint density at radius 1 is 1.09 bits per heavy atom. The molecule has 8 heteroatoms. The molecule has 0 aromatic heterocycles. The predicted molar refractivity (Wildman–Crippen MR) is 126 cm³/mol. The van der Waals surface area contributed by atoms with E-state index in [9.17, 15) is 18.8 Å². The summed E-state index contributed by atoms with van der Waals surface area (Å²) < 4.78 is 19.5. The molecule has 4 rings (SSSR count). The second-order valence-corrected chi connectivity index (χ2v) is 8.77. The Kier molecular flexibility index (Phi) is 7.45. The van der Waals surface area contributed by atoms with Crippen LogP contribution in [0.5, 0.6) is 5.75 Å². The minimum atomic E-state index is -0.341. The van der Waals surface area contributed by atoms with Gasteiger partial charge in [-0.3, -0.25) is 14.4 Å². The number of carbonyl (C=O) groups is 3. The predicted octanol–water partition coefficient (Wildman–Crippen LogP) is 3.31. The Morgan fingerprint density at radius 2 is 1.82 bits per heavy atom. The number of hydrogen-bond acceptors (Lipinski definition) is 4. The van der Waals surface area contributed by atoms with Crippen LogP contribution >= 0.6 is 0 Å². The van der Waals surface area contributed by atoms with E-state index in [2.05, 4.69) is 5.32 Å². The maximum Gasteiger partial charge on any atom is 0.253 e. The van der Waals surface area contributed by atoms with Crippen LogP contribution in [0.4, 0.5) is 10.1 Å². The Balaban J connectivity index is 1.31. The zero-order valence-corrected chi connectivity index (χ0v) is 19.4. The molecule has 0 spiro atoms. The average Bonchev–Trinajstić information content (AvgIpc) is 2.83. The van der Waals surface area contributed by atoms with E-state index in [1.54, 1.807) is 40.1 Å². The molecule has 7 nitrogen and oxygen atoms in total. The summed E-state index contributed by atoms with van der Waals surface area (Å²) >= 11 is 0. The third kappa shape index (κ3) is 5.55. The molecule has 0 bridgehead atoms. The molecule has 2 aliphatic heterocycles. The summed E-state index contributed by atoms with van der Waals surface area (Å²) in [5, 5.41) is 2.72. The van der Waals surface area contributed by atoms with Crippen molar-refractivity contribution in [1.82, 2.24) is 10.2 Å². The van der Waals surface area contributed by atoms with Crippen LogP contribution in [0.25, 0.3) is 0 Å². The minimum absolute atomic E-state index is 0.0236. The molecule has 0 aliphatic carbocycles. The van der Waals surface area contributed by atoms with Gasteiger partial charge in [-0.05, 0) is 67.6 Å². The Morgan fingerprint density at radius 3 is 2.53 bits per heavy atom. The number of amides is 3. The highest BCUT2D eigenvalue weighted by Gasteiger charge is 2.34. The van der Waals surface area contributed by atoms with E-state index in [0.717, 1.165) is 5.56 Å². The highest BCUT2D eigenvalue weighted by Crippen LogP contribution is 2.33. The number of aryl methyl sites for hydroxylation is 1. The monoisotopic (exact) mass is 467 g/mol. The van der Waals surface area contributed by atoms with E-state index in [-0.39, 0.29) is 29.6 Å². The molecule has 2 aromatic carbocycles. The molecular weight excluding hydrogens is 437 g/mol. The molecule has 0 saturated carbocycles. The van der Waals surface area contributed by atoms with Crippen molar-refractivity contribution in [2.45, 2.75) is 45.1 Å². The van der Waals surface area contributed by atoms with Crippen molar-refractivity contribution in [1.29, 1.82) is 0 Å². The van der Waals surface area contributed by atoms with Crippen LogP contribution in [-0.4, -0.2) is 54.9 Å². The molecule has 180 valence electrons. The zero-order valence-electron chi connectivity index (χ0n) is 19.4. The third-order valence-electron chi connectivity index (χ3n) is 6.37. The van der Waals surface area contributed by atoms with Gasteiger partial charge in [0, 0.05) is 44.6 Å². The van der Waals surface area contributed by atoms with Gasteiger partial charge in [0.25, 0.3) is 5.91 Å². The lowest BCUT2D eigenvalue weighted by molar-refractivity contribution is -0.120. The summed E-state index contributed by atoms with van der Waals surface area (Å²) in [6.45, 7) is 3.60. The Labute approximate surface area is 198 Å². The molecular formula is C26H30FN3O4. The maximum absolute atomic E-state index is 13.9. The van der Waals surface area contributed by atoms with Gasteiger partial charge in [-0.15, -0.1) is 0 Å². The fourth-order valence-corrected chi connectivity index (χ4v) is 4.60. The van der Waals surface area contributed by atoms with E-state index in [4.69, 9.17) is 4.74 Å². The molecule has 1 saturated heterocycles. The minimum Gasteiger partial charge on any atom is -0.494 e. The summed E-state index contributed by atoms with van der Waals surface area (Å²) in [5.74, 6) is 0.245. The van der Waals surface area contributed by atoms with Gasteiger partial charge in [-0.1, -0.05) is 6.07 Å². The van der Waals surface area contributed by atoms with E-state index in [0.29, 0.717) is 75.3 Å². The summed E-state index contributed by atoms with van der Waals surface area (Å²) in [6.07, 6.45) is 3.08. The number of fused-ring (bicyclic) bond motifs is 1. The number of nitrogens with zero attached hydrogens (tertiary/aromatic N) is 2. The quantitative estimate of drug-likeness (QED) is 0.634. The first-order valence-electron chi connectivity index (χ1n) is 11.8. The third-order valence-corrected chi connectivity index (χ3v) is 6.37. The first-order valence-corrected chi connectivity index (χ1v) is 11.8. The van der Waals surface area contributed by atoms with Gasteiger partial charge < -0.3 is 19.9 Å². The van der Waals surface area contributed by atoms with Crippen molar-refractivity contribution in [2.75, 3.05) is 31.1 Å². The highest BCUT2D eigenvalue weighted by molar-refractivity contribution is 5.97. The number of nitrogens with one attached hydrogen (secondary N) is 1. The molecule has 0 radical (unpaired) electrons. The van der Waals surface area contributed by atoms with Gasteiger partial charge in [0.15, 0.2) is 0 Å². The average molecular weight is 468 g/mol. The van der Waals surface area contributed by atoms with Crippen LogP contribution in [0.1, 0.15) is 48.5 Å². The number of halogens is 1. The number of carbonyl (C=O) groups excluding carboxylic acids is 3. The van der Waals surface area contributed by atoms with Crippen LogP contribution in [0.3, 0.4) is 0 Å². The second kappa shape index (κ2) is 10.7. The summed E-state index contributed by atoms with van der Waals surface area (Å²) in [7, 11) is 0. The van der Waals surface area contributed by atoms with Gasteiger partial charge in [-0.25, -0.2) is 4.39 Å². The number of anilines is 1. The van der Waals surface area contributed by atoms with E-state index >= 15 is 0 Å². The van der Waals surface area contributed by atoms with E-state index < -0.39 is 0 Å². The van der Waals surface area contributed by atoms with Gasteiger partial charge in [0.05, 0.1) is 12.3 Å². The van der Waals surface area contributed by atoms with Crippen molar-refractivity contribution in [3.8, 4) is 5.75 Å². The molecule has 2 heterocycles. The Bertz CT molecular complexity index is 1050. The fraction of sp³-hybridized carbons (Fsp3) is 0.423. The first kappa shape index (κ1) is 23.7. The fourth-order valence-electron chi connectivity index (χ4n) is 4.60. The van der Waals surface area contributed by atoms with E-state index in [1.165, 1.54) is 19.1 Å². The van der Waals surface area contributed by atoms with Gasteiger partial charge in [-0.2, -0.15) is 0 Å². The number of benzene rings is 2. The molecule has 1 N–H and O–H groups in total. The molecule has 3 amide bonds. The van der Waals surface area contributed by atoms with Crippen molar-refractivity contribution in [3.05, 3.63) is 59.4 Å². The number of piperidine rings is 1. The van der Waals surface area contributed by atoms with Crippen molar-refractivity contribution >= 4 is 23.4 Å². The van der Waals surface area contributed by atoms with Crippen LogP contribution in [0.2, 0.25) is 0 Å². The summed E-state index contributed by atoms with van der Waals surface area (Å²) in [4.78, 5) is 40.1. The van der Waals surface area contributed by atoms with Gasteiger partial charge in [0.1, 0.15) is 11.6 Å². The number of hydrogen-bond donors (Lipinski definition) is 1. The molecule has 0 unspecified atom stereocenters. The van der Waals surface area contributed by atoms with Crippen LogP contribution < -0.4 is 15.0 Å². The standard InChI is InChI=1S/C26H30FN3O4/c1-18(31)28-13-2-16-34-23-8-4-20(5-9-23)26(33)29-14-11-22(12-15-29)30-24-17-21(27)7-3-19(24)6-10-25(30)32/h3-5,7-9,17,22H,2,6,10-16H2,1H3,(H,28,31). The SMILES string of the molecule is CC(=O)NCCCOc1ccc(C(=O)N2CCC(N3C(=O)CCc4ccc(F)cc43)CC2)cc1. The van der Waals surface area contributed by atoms with Crippen molar-refractivity contribution in [2.24, 2.45) is 0 Å². The van der Waals surface area contributed by atoms with E-state index in [1.807, 2.05) is 0 Å².